The zero-order valence-corrected chi connectivity index (χ0v) is 8.67. The Labute approximate surface area is 81.3 Å². The molecule has 1 rings (SSSR count). The molecule has 1 fully saturated rings. The second-order valence-corrected chi connectivity index (χ2v) is 4.10. The summed E-state index contributed by atoms with van der Waals surface area (Å²) < 4.78 is 5.02. The first-order valence-corrected chi connectivity index (χ1v) is 5.51. The maximum absolute atomic E-state index is 9.81. The molecule has 1 N–H and O–H groups in total. The Bertz CT molecular complexity index is 125. The molecule has 2 atom stereocenters. The van der Waals surface area contributed by atoms with Gasteiger partial charge in [-0.3, -0.25) is 0 Å². The molecular weight excluding hydrogens is 164 g/mol. The van der Waals surface area contributed by atoms with Crippen LogP contribution in [0.25, 0.3) is 0 Å². The molecule has 1 saturated carbocycles. The first-order valence-electron chi connectivity index (χ1n) is 5.51. The predicted molar refractivity (Wildman–Crippen MR) is 53.7 cm³/mol. The van der Waals surface area contributed by atoms with Crippen LogP contribution in [0.2, 0.25) is 0 Å². The van der Waals surface area contributed by atoms with Gasteiger partial charge in [-0.2, -0.15) is 0 Å². The van der Waals surface area contributed by atoms with E-state index in [2.05, 4.69) is 0 Å². The van der Waals surface area contributed by atoms with Crippen molar-refractivity contribution in [2.24, 2.45) is 5.92 Å². The highest BCUT2D eigenvalue weighted by Crippen LogP contribution is 2.26. The normalized spacial score (nSPS) is 30.0. The molecule has 1 aliphatic carbocycles. The molecule has 0 saturated heterocycles. The average molecular weight is 186 g/mol. The first kappa shape index (κ1) is 11.0. The summed E-state index contributed by atoms with van der Waals surface area (Å²) in [5.41, 5.74) is 0. The van der Waals surface area contributed by atoms with E-state index in [4.69, 9.17) is 4.74 Å². The maximum Gasteiger partial charge on any atom is 0.0568 e. The Morgan fingerprint density at radius 3 is 2.77 bits per heavy atom. The van der Waals surface area contributed by atoms with Crippen LogP contribution in [0.5, 0.6) is 0 Å². The van der Waals surface area contributed by atoms with Gasteiger partial charge in [-0.25, -0.2) is 0 Å². The van der Waals surface area contributed by atoms with Crippen molar-refractivity contribution in [2.75, 3.05) is 13.7 Å². The van der Waals surface area contributed by atoms with Crippen molar-refractivity contribution in [3.8, 4) is 0 Å². The number of aliphatic hydroxyl groups is 1. The van der Waals surface area contributed by atoms with Crippen LogP contribution in [0.4, 0.5) is 0 Å². The minimum atomic E-state index is -0.0423. The van der Waals surface area contributed by atoms with Crippen LogP contribution in [-0.2, 0) is 4.74 Å². The molecule has 0 aromatic heterocycles. The van der Waals surface area contributed by atoms with Crippen molar-refractivity contribution in [3.05, 3.63) is 0 Å². The summed E-state index contributed by atoms with van der Waals surface area (Å²) in [7, 11) is 1.74. The summed E-state index contributed by atoms with van der Waals surface area (Å²) >= 11 is 0. The lowest BCUT2D eigenvalue weighted by atomic mass is 9.92. The lowest BCUT2D eigenvalue weighted by Gasteiger charge is -2.19. The van der Waals surface area contributed by atoms with Gasteiger partial charge in [0.25, 0.3) is 0 Å². The largest absolute Gasteiger partial charge is 0.393 e. The molecule has 2 heteroatoms. The Morgan fingerprint density at radius 2 is 2.00 bits per heavy atom. The standard InChI is InChI=1S/C11H22O2/c1-13-9-5-7-10-6-3-2-4-8-11(10)12/h10-12H,2-9H2,1H3. The fourth-order valence-electron chi connectivity index (χ4n) is 2.19. The molecule has 2 unspecified atom stereocenters. The molecule has 78 valence electrons. The zero-order chi connectivity index (χ0) is 9.52. The highest BCUT2D eigenvalue weighted by atomic mass is 16.5. The van der Waals surface area contributed by atoms with Gasteiger partial charge < -0.3 is 9.84 Å². The molecule has 0 bridgehead atoms. The van der Waals surface area contributed by atoms with Crippen LogP contribution < -0.4 is 0 Å². The van der Waals surface area contributed by atoms with Crippen LogP contribution in [0, 0.1) is 5.92 Å². The third kappa shape index (κ3) is 4.10. The van der Waals surface area contributed by atoms with Crippen molar-refractivity contribution < 1.29 is 9.84 Å². The molecule has 1 aliphatic rings. The fraction of sp³-hybridized carbons (Fsp3) is 1.00. The van der Waals surface area contributed by atoms with Gasteiger partial charge in [0.1, 0.15) is 0 Å². The molecule has 0 spiro atoms. The quantitative estimate of drug-likeness (QED) is 0.539. The lowest BCUT2D eigenvalue weighted by Crippen LogP contribution is -2.19. The van der Waals surface area contributed by atoms with Crippen molar-refractivity contribution in [2.45, 2.75) is 51.0 Å². The van der Waals surface area contributed by atoms with Gasteiger partial charge in [-0.1, -0.05) is 19.3 Å². The minimum absolute atomic E-state index is 0.0423. The number of hydrogen-bond donors (Lipinski definition) is 1. The van der Waals surface area contributed by atoms with Gasteiger partial charge in [0.15, 0.2) is 0 Å². The van der Waals surface area contributed by atoms with Gasteiger partial charge in [-0.15, -0.1) is 0 Å². The molecular formula is C11H22O2. The number of ether oxygens (including phenoxy) is 1. The minimum Gasteiger partial charge on any atom is -0.393 e. The van der Waals surface area contributed by atoms with Crippen molar-refractivity contribution in [3.63, 3.8) is 0 Å². The predicted octanol–water partition coefficient (Wildman–Crippen LogP) is 2.35. The van der Waals surface area contributed by atoms with Gasteiger partial charge in [-0.05, 0) is 31.6 Å². The summed E-state index contributed by atoms with van der Waals surface area (Å²) in [5, 5.41) is 9.81. The van der Waals surface area contributed by atoms with E-state index in [1.165, 1.54) is 25.7 Å². The van der Waals surface area contributed by atoms with Gasteiger partial charge >= 0.3 is 0 Å². The lowest BCUT2D eigenvalue weighted by molar-refractivity contribution is 0.0878. The van der Waals surface area contributed by atoms with Crippen LogP contribution in [-0.4, -0.2) is 24.9 Å². The number of hydrogen-bond acceptors (Lipinski definition) is 2. The number of methoxy groups -OCH3 is 1. The Morgan fingerprint density at radius 1 is 1.23 bits per heavy atom. The Kier molecular flexibility index (Phi) is 5.40. The molecule has 0 radical (unpaired) electrons. The molecule has 0 aromatic rings. The second-order valence-electron chi connectivity index (χ2n) is 4.10. The number of aliphatic hydroxyl groups excluding tert-OH is 1. The van der Waals surface area contributed by atoms with Crippen LogP contribution in [0.1, 0.15) is 44.9 Å². The van der Waals surface area contributed by atoms with E-state index < -0.39 is 0 Å². The second kappa shape index (κ2) is 6.39. The third-order valence-corrected chi connectivity index (χ3v) is 3.04. The summed E-state index contributed by atoms with van der Waals surface area (Å²) in [6.07, 6.45) is 8.23. The topological polar surface area (TPSA) is 29.5 Å². The fourth-order valence-corrected chi connectivity index (χ4v) is 2.19. The van der Waals surface area contributed by atoms with Crippen LogP contribution in [0.3, 0.4) is 0 Å². The highest BCUT2D eigenvalue weighted by molar-refractivity contribution is 4.72. The monoisotopic (exact) mass is 186 g/mol. The summed E-state index contributed by atoms with van der Waals surface area (Å²) in [4.78, 5) is 0. The maximum atomic E-state index is 9.81. The van der Waals surface area contributed by atoms with E-state index in [-0.39, 0.29) is 6.10 Å². The van der Waals surface area contributed by atoms with Gasteiger partial charge in [0.05, 0.1) is 6.10 Å². The summed E-state index contributed by atoms with van der Waals surface area (Å²) in [6, 6.07) is 0. The van der Waals surface area contributed by atoms with E-state index >= 15 is 0 Å². The van der Waals surface area contributed by atoms with E-state index in [0.717, 1.165) is 25.9 Å². The van der Waals surface area contributed by atoms with Gasteiger partial charge in [0, 0.05) is 13.7 Å². The van der Waals surface area contributed by atoms with Crippen LogP contribution in [0.15, 0.2) is 0 Å². The summed E-state index contributed by atoms with van der Waals surface area (Å²) in [6.45, 7) is 0.837. The van der Waals surface area contributed by atoms with Crippen molar-refractivity contribution in [1.29, 1.82) is 0 Å². The molecule has 0 aliphatic heterocycles. The number of rotatable bonds is 4. The van der Waals surface area contributed by atoms with Crippen molar-refractivity contribution >= 4 is 0 Å². The zero-order valence-electron chi connectivity index (χ0n) is 8.67. The molecule has 0 amide bonds. The van der Waals surface area contributed by atoms with Crippen LogP contribution >= 0.6 is 0 Å². The Balaban J connectivity index is 2.19. The highest BCUT2D eigenvalue weighted by Gasteiger charge is 2.20. The van der Waals surface area contributed by atoms with E-state index in [1.54, 1.807) is 7.11 Å². The average Bonchev–Trinajstić information content (AvgIpc) is 2.32. The SMILES string of the molecule is COCCCC1CCCCCC1O. The van der Waals surface area contributed by atoms with E-state index in [0.29, 0.717) is 5.92 Å². The molecule has 0 heterocycles. The van der Waals surface area contributed by atoms with E-state index in [1.807, 2.05) is 0 Å². The molecule has 13 heavy (non-hydrogen) atoms. The third-order valence-electron chi connectivity index (χ3n) is 3.04. The van der Waals surface area contributed by atoms with E-state index in [9.17, 15) is 5.11 Å². The molecule has 2 nitrogen and oxygen atoms in total. The smallest absolute Gasteiger partial charge is 0.0568 e. The molecule has 0 aromatic carbocycles. The first-order chi connectivity index (χ1) is 6.34. The Hall–Kier alpha value is -0.0800. The van der Waals surface area contributed by atoms with Crippen molar-refractivity contribution in [1.82, 2.24) is 0 Å². The van der Waals surface area contributed by atoms with Gasteiger partial charge in [0.2, 0.25) is 0 Å². The summed E-state index contributed by atoms with van der Waals surface area (Å²) in [5.74, 6) is 0.539.